The highest BCUT2D eigenvalue weighted by atomic mass is 32.1. The number of hydrogen-bond donors (Lipinski definition) is 1. The molecule has 1 aliphatic heterocycles. The Morgan fingerprint density at radius 1 is 1.68 bits per heavy atom. The van der Waals surface area contributed by atoms with Crippen LogP contribution in [-0.2, 0) is 9.47 Å². The second-order valence-corrected chi connectivity index (χ2v) is 5.17. The predicted molar refractivity (Wildman–Crippen MR) is 74.7 cm³/mol. The summed E-state index contributed by atoms with van der Waals surface area (Å²) in [6, 6.07) is 0. The number of aromatic nitrogens is 1. The number of anilines is 2. The molecule has 2 N–H and O–H groups in total. The molecule has 106 valence electrons. The first-order valence-electron chi connectivity index (χ1n) is 6.37. The molecule has 7 heteroatoms. The van der Waals surface area contributed by atoms with Gasteiger partial charge in [-0.15, -0.1) is 0 Å². The van der Waals surface area contributed by atoms with Crippen molar-refractivity contribution in [3.8, 4) is 0 Å². The van der Waals surface area contributed by atoms with Crippen molar-refractivity contribution in [3.05, 3.63) is 5.56 Å². The van der Waals surface area contributed by atoms with Crippen LogP contribution in [0.3, 0.4) is 0 Å². The van der Waals surface area contributed by atoms with Crippen molar-refractivity contribution >= 4 is 28.3 Å². The number of carbonyl (C=O) groups excluding carboxylic acids is 1. The molecule has 1 saturated heterocycles. The Labute approximate surface area is 116 Å². The van der Waals surface area contributed by atoms with Crippen molar-refractivity contribution in [1.29, 1.82) is 0 Å². The van der Waals surface area contributed by atoms with Gasteiger partial charge in [-0.2, -0.15) is 4.37 Å². The molecule has 0 bridgehead atoms. The Kier molecular flexibility index (Phi) is 4.60. The predicted octanol–water partition coefficient (Wildman–Crippen LogP) is 1.52. The average Bonchev–Trinajstić information content (AvgIpc) is 3.04. The van der Waals surface area contributed by atoms with Crippen molar-refractivity contribution in [1.82, 2.24) is 4.37 Å². The van der Waals surface area contributed by atoms with E-state index in [0.717, 1.165) is 37.5 Å². The maximum absolute atomic E-state index is 11.8. The lowest BCUT2D eigenvalue weighted by Gasteiger charge is -2.24. The molecule has 0 radical (unpaired) electrons. The van der Waals surface area contributed by atoms with Gasteiger partial charge in [0.05, 0.1) is 13.2 Å². The fourth-order valence-electron chi connectivity index (χ4n) is 2.19. The summed E-state index contributed by atoms with van der Waals surface area (Å²) in [5.74, 6) is -0.204. The summed E-state index contributed by atoms with van der Waals surface area (Å²) in [4.78, 5) is 13.9. The monoisotopic (exact) mass is 285 g/mol. The van der Waals surface area contributed by atoms with E-state index in [1.54, 1.807) is 0 Å². The zero-order valence-electron chi connectivity index (χ0n) is 11.2. The molecule has 1 aromatic heterocycles. The number of nitrogens with zero attached hydrogens (tertiary/aromatic N) is 2. The van der Waals surface area contributed by atoms with Gasteiger partial charge in [0, 0.05) is 19.7 Å². The SMILES string of the molecule is CCN(CC1CCCO1)c1snc(N)c1C(=O)OC. The lowest BCUT2D eigenvalue weighted by molar-refractivity contribution is 0.0602. The number of carbonyl (C=O) groups is 1. The molecule has 1 fully saturated rings. The summed E-state index contributed by atoms with van der Waals surface area (Å²) in [5, 5.41) is 0.766. The third kappa shape index (κ3) is 2.98. The quantitative estimate of drug-likeness (QED) is 0.826. The van der Waals surface area contributed by atoms with Crippen LogP contribution in [-0.4, -0.2) is 43.3 Å². The largest absolute Gasteiger partial charge is 0.465 e. The molecule has 0 aliphatic carbocycles. The molecule has 0 amide bonds. The highest BCUT2D eigenvalue weighted by Gasteiger charge is 2.26. The highest BCUT2D eigenvalue weighted by Crippen LogP contribution is 2.32. The van der Waals surface area contributed by atoms with Gasteiger partial charge < -0.3 is 20.1 Å². The zero-order chi connectivity index (χ0) is 13.8. The van der Waals surface area contributed by atoms with Crippen molar-refractivity contribution in [2.75, 3.05) is 37.4 Å². The van der Waals surface area contributed by atoms with E-state index >= 15 is 0 Å². The molecule has 1 aromatic rings. The van der Waals surface area contributed by atoms with E-state index in [4.69, 9.17) is 15.2 Å². The number of nitrogens with two attached hydrogens (primary N) is 1. The molecule has 1 aliphatic rings. The molecule has 2 heterocycles. The van der Waals surface area contributed by atoms with Crippen molar-refractivity contribution < 1.29 is 14.3 Å². The number of methoxy groups -OCH3 is 1. The van der Waals surface area contributed by atoms with Gasteiger partial charge in [0.25, 0.3) is 0 Å². The van der Waals surface area contributed by atoms with E-state index in [-0.39, 0.29) is 11.9 Å². The number of hydrogen-bond acceptors (Lipinski definition) is 7. The van der Waals surface area contributed by atoms with Gasteiger partial charge in [0.2, 0.25) is 0 Å². The number of esters is 1. The van der Waals surface area contributed by atoms with Crippen molar-refractivity contribution in [3.63, 3.8) is 0 Å². The van der Waals surface area contributed by atoms with E-state index in [9.17, 15) is 4.79 Å². The van der Waals surface area contributed by atoms with Gasteiger partial charge in [-0.1, -0.05) is 0 Å². The van der Waals surface area contributed by atoms with Crippen molar-refractivity contribution in [2.45, 2.75) is 25.9 Å². The smallest absolute Gasteiger partial charge is 0.344 e. The molecule has 1 unspecified atom stereocenters. The van der Waals surface area contributed by atoms with Gasteiger partial charge in [-0.05, 0) is 31.3 Å². The molecule has 0 spiro atoms. The number of rotatable bonds is 5. The van der Waals surface area contributed by atoms with Gasteiger partial charge in [0.1, 0.15) is 10.6 Å². The standard InChI is InChI=1S/C12H19N3O3S/c1-3-15(7-8-5-4-6-18-8)11-9(12(16)17-2)10(13)14-19-11/h8H,3-7H2,1-2H3,(H2,13,14). The Balaban J connectivity index is 2.19. The Hall–Kier alpha value is -1.34. The molecule has 6 nitrogen and oxygen atoms in total. The van der Waals surface area contributed by atoms with Crippen LogP contribution in [0.5, 0.6) is 0 Å². The van der Waals surface area contributed by atoms with Crippen LogP contribution in [0.25, 0.3) is 0 Å². The second kappa shape index (κ2) is 6.21. The van der Waals surface area contributed by atoms with Crippen LogP contribution >= 0.6 is 11.5 Å². The molecule has 19 heavy (non-hydrogen) atoms. The van der Waals surface area contributed by atoms with E-state index in [0.29, 0.717) is 5.56 Å². The summed E-state index contributed by atoms with van der Waals surface area (Å²) in [7, 11) is 1.35. The van der Waals surface area contributed by atoms with Gasteiger partial charge in [-0.25, -0.2) is 4.79 Å². The molecule has 0 aromatic carbocycles. The van der Waals surface area contributed by atoms with Gasteiger partial charge in [-0.3, -0.25) is 0 Å². The summed E-state index contributed by atoms with van der Waals surface area (Å²) in [6.45, 7) is 4.37. The first-order chi connectivity index (χ1) is 9.17. The molecular weight excluding hydrogens is 266 g/mol. The maximum atomic E-state index is 11.8. The first-order valence-corrected chi connectivity index (χ1v) is 7.14. The highest BCUT2D eigenvalue weighted by molar-refractivity contribution is 7.11. The zero-order valence-corrected chi connectivity index (χ0v) is 12.0. The van der Waals surface area contributed by atoms with Crippen LogP contribution in [0.4, 0.5) is 10.8 Å². The third-order valence-corrected chi connectivity index (χ3v) is 4.13. The maximum Gasteiger partial charge on any atom is 0.344 e. The normalized spacial score (nSPS) is 18.5. The summed E-state index contributed by atoms with van der Waals surface area (Å²) in [5.41, 5.74) is 6.13. The van der Waals surface area contributed by atoms with Crippen LogP contribution in [0.15, 0.2) is 0 Å². The summed E-state index contributed by atoms with van der Waals surface area (Å²) in [6.07, 6.45) is 2.36. The number of likely N-dealkylation sites (N-methyl/N-ethyl adjacent to an activating group) is 1. The van der Waals surface area contributed by atoms with Crippen molar-refractivity contribution in [2.24, 2.45) is 0 Å². The minimum atomic E-state index is -0.438. The Bertz CT molecular complexity index is 443. The molecule has 1 atom stereocenters. The number of ether oxygens (including phenoxy) is 2. The summed E-state index contributed by atoms with van der Waals surface area (Å²) >= 11 is 1.23. The molecule has 0 saturated carbocycles. The van der Waals surface area contributed by atoms with Crippen LogP contribution in [0.2, 0.25) is 0 Å². The third-order valence-electron chi connectivity index (χ3n) is 3.21. The van der Waals surface area contributed by atoms with Gasteiger partial charge in [0.15, 0.2) is 5.82 Å². The second-order valence-electron chi connectivity index (χ2n) is 4.41. The minimum absolute atomic E-state index is 0.216. The van der Waals surface area contributed by atoms with E-state index in [1.807, 2.05) is 6.92 Å². The lowest BCUT2D eigenvalue weighted by atomic mass is 10.2. The fourth-order valence-corrected chi connectivity index (χ4v) is 3.07. The van der Waals surface area contributed by atoms with Crippen LogP contribution in [0, 0.1) is 0 Å². The Morgan fingerprint density at radius 3 is 3.05 bits per heavy atom. The fraction of sp³-hybridized carbons (Fsp3) is 0.667. The summed E-state index contributed by atoms with van der Waals surface area (Å²) < 4.78 is 14.5. The van der Waals surface area contributed by atoms with E-state index in [2.05, 4.69) is 9.27 Å². The van der Waals surface area contributed by atoms with E-state index < -0.39 is 5.97 Å². The number of nitrogen functional groups attached to an aromatic ring is 1. The van der Waals surface area contributed by atoms with Crippen LogP contribution in [0.1, 0.15) is 30.1 Å². The van der Waals surface area contributed by atoms with E-state index in [1.165, 1.54) is 18.6 Å². The minimum Gasteiger partial charge on any atom is -0.465 e. The van der Waals surface area contributed by atoms with Gasteiger partial charge >= 0.3 is 5.97 Å². The average molecular weight is 285 g/mol. The molecular formula is C12H19N3O3S. The molecule has 2 rings (SSSR count). The van der Waals surface area contributed by atoms with Crippen LogP contribution < -0.4 is 10.6 Å². The topological polar surface area (TPSA) is 77.7 Å². The Morgan fingerprint density at radius 2 is 2.47 bits per heavy atom. The lowest BCUT2D eigenvalue weighted by Crippen LogP contribution is -2.32. The first kappa shape index (κ1) is 14.1.